The molecule has 2 atom stereocenters. The first-order chi connectivity index (χ1) is 9.69. The van der Waals surface area contributed by atoms with Crippen molar-refractivity contribution in [2.45, 2.75) is 45.3 Å². The zero-order chi connectivity index (χ0) is 14.5. The van der Waals surface area contributed by atoms with Gasteiger partial charge in [0, 0.05) is 30.9 Å². The average Bonchev–Trinajstić information content (AvgIpc) is 3.31. The Kier molecular flexibility index (Phi) is 5.44. The molecule has 1 saturated carbocycles. The summed E-state index contributed by atoms with van der Waals surface area (Å²) in [5.41, 5.74) is 2.21. The molecule has 0 aromatic heterocycles. The summed E-state index contributed by atoms with van der Waals surface area (Å²) in [4.78, 5) is 2.41. The maximum Gasteiger partial charge on any atom is 0.0807 e. The van der Waals surface area contributed by atoms with Crippen LogP contribution in [0.3, 0.4) is 0 Å². The summed E-state index contributed by atoms with van der Waals surface area (Å²) in [6, 6.07) is 8.75. The van der Waals surface area contributed by atoms with Crippen LogP contribution in [-0.4, -0.2) is 31.4 Å². The maximum absolute atomic E-state index is 10.3. The third kappa shape index (κ3) is 3.53. The van der Waals surface area contributed by atoms with Gasteiger partial charge < -0.3 is 14.7 Å². The second-order valence-electron chi connectivity index (χ2n) is 5.75. The van der Waals surface area contributed by atoms with Crippen molar-refractivity contribution in [3.8, 4) is 0 Å². The Balaban J connectivity index is 2.26. The highest BCUT2D eigenvalue weighted by molar-refractivity contribution is 5.55. The molecule has 0 radical (unpaired) electrons. The molecule has 0 bridgehead atoms. The molecule has 112 valence electrons. The van der Waals surface area contributed by atoms with Crippen molar-refractivity contribution in [1.29, 1.82) is 0 Å². The molecular weight excluding hydrogens is 250 g/mol. The number of nitrogens with zero attached hydrogens (tertiary/aromatic N) is 1. The summed E-state index contributed by atoms with van der Waals surface area (Å²) < 4.78 is 5.27. The van der Waals surface area contributed by atoms with Gasteiger partial charge in [-0.3, -0.25) is 0 Å². The van der Waals surface area contributed by atoms with Crippen LogP contribution in [0.2, 0.25) is 0 Å². The molecule has 0 saturated heterocycles. The number of hydrogen-bond donors (Lipinski definition) is 1. The lowest BCUT2D eigenvalue weighted by Crippen LogP contribution is -2.38. The average molecular weight is 277 g/mol. The molecule has 0 heterocycles. The summed E-state index contributed by atoms with van der Waals surface area (Å²) in [6.45, 7) is 5.91. The van der Waals surface area contributed by atoms with Gasteiger partial charge in [0.15, 0.2) is 0 Å². The topological polar surface area (TPSA) is 32.7 Å². The number of rotatable bonds is 8. The van der Waals surface area contributed by atoms with Crippen LogP contribution in [0, 0.1) is 5.92 Å². The molecule has 1 aliphatic carbocycles. The van der Waals surface area contributed by atoms with Gasteiger partial charge >= 0.3 is 0 Å². The van der Waals surface area contributed by atoms with Gasteiger partial charge in [0.2, 0.25) is 0 Å². The normalized spacial score (nSPS) is 17.8. The first kappa shape index (κ1) is 15.3. The number of benzene rings is 1. The van der Waals surface area contributed by atoms with E-state index in [-0.39, 0.29) is 6.10 Å². The van der Waals surface area contributed by atoms with Crippen LogP contribution in [0.25, 0.3) is 0 Å². The zero-order valence-corrected chi connectivity index (χ0v) is 12.9. The third-order valence-electron chi connectivity index (χ3n) is 4.32. The molecule has 1 aromatic carbocycles. The standard InChI is InChI=1S/C17H27NO2/c1-4-17(19)15-7-5-6-8-16(15)18(11-12-20-3)13(2)14-9-10-14/h5-8,13-14,17,19H,4,9-12H2,1-3H3/t13?,17-/m1/s1. The number of anilines is 1. The van der Waals surface area contributed by atoms with Gasteiger partial charge in [0.05, 0.1) is 12.7 Å². The van der Waals surface area contributed by atoms with E-state index < -0.39 is 0 Å². The Hall–Kier alpha value is -1.06. The van der Waals surface area contributed by atoms with Crippen molar-refractivity contribution in [1.82, 2.24) is 0 Å². The Labute approximate surface area is 122 Å². The lowest BCUT2D eigenvalue weighted by atomic mass is 10.0. The summed E-state index contributed by atoms with van der Waals surface area (Å²) >= 11 is 0. The van der Waals surface area contributed by atoms with Crippen molar-refractivity contribution in [3.05, 3.63) is 29.8 Å². The number of ether oxygens (including phenoxy) is 1. The second kappa shape index (κ2) is 7.09. The van der Waals surface area contributed by atoms with E-state index in [2.05, 4.69) is 24.0 Å². The van der Waals surface area contributed by atoms with Crippen LogP contribution < -0.4 is 4.90 Å². The summed E-state index contributed by atoms with van der Waals surface area (Å²) in [5, 5.41) is 10.3. The Morgan fingerprint density at radius 1 is 1.35 bits per heavy atom. The molecular formula is C17H27NO2. The van der Waals surface area contributed by atoms with Crippen LogP contribution in [0.4, 0.5) is 5.69 Å². The summed E-state index contributed by atoms with van der Waals surface area (Å²) in [6.07, 6.45) is 3.00. The monoisotopic (exact) mass is 277 g/mol. The maximum atomic E-state index is 10.3. The lowest BCUT2D eigenvalue weighted by molar-refractivity contribution is 0.173. The summed E-state index contributed by atoms with van der Waals surface area (Å²) in [5.74, 6) is 0.790. The highest BCUT2D eigenvalue weighted by Gasteiger charge is 2.33. The predicted molar refractivity (Wildman–Crippen MR) is 83.1 cm³/mol. The quantitative estimate of drug-likeness (QED) is 0.790. The van der Waals surface area contributed by atoms with Crippen molar-refractivity contribution in [2.75, 3.05) is 25.2 Å². The van der Waals surface area contributed by atoms with Crippen molar-refractivity contribution in [2.24, 2.45) is 5.92 Å². The van der Waals surface area contributed by atoms with E-state index in [0.717, 1.165) is 24.4 Å². The van der Waals surface area contributed by atoms with Crippen LogP contribution in [0.1, 0.15) is 44.8 Å². The number of aliphatic hydroxyl groups excluding tert-OH is 1. The fourth-order valence-corrected chi connectivity index (χ4v) is 2.82. The molecule has 1 fully saturated rings. The molecule has 3 heteroatoms. The Bertz CT molecular complexity index is 417. The van der Waals surface area contributed by atoms with E-state index in [1.807, 2.05) is 19.1 Å². The van der Waals surface area contributed by atoms with E-state index in [1.54, 1.807) is 7.11 Å². The second-order valence-corrected chi connectivity index (χ2v) is 5.75. The minimum absolute atomic E-state index is 0.386. The SMILES string of the molecule is CC[C@@H](O)c1ccccc1N(CCOC)C(C)C1CC1. The fraction of sp³-hybridized carbons (Fsp3) is 0.647. The van der Waals surface area contributed by atoms with E-state index >= 15 is 0 Å². The smallest absolute Gasteiger partial charge is 0.0807 e. The highest BCUT2D eigenvalue weighted by atomic mass is 16.5. The molecule has 1 unspecified atom stereocenters. The van der Waals surface area contributed by atoms with Gasteiger partial charge in [0.25, 0.3) is 0 Å². The first-order valence-electron chi connectivity index (χ1n) is 7.71. The molecule has 0 aliphatic heterocycles. The van der Waals surface area contributed by atoms with E-state index in [4.69, 9.17) is 4.74 Å². The number of methoxy groups -OCH3 is 1. The lowest BCUT2D eigenvalue weighted by Gasteiger charge is -2.34. The van der Waals surface area contributed by atoms with E-state index in [9.17, 15) is 5.11 Å². The molecule has 1 N–H and O–H groups in total. The highest BCUT2D eigenvalue weighted by Crippen LogP contribution is 2.38. The molecule has 0 spiro atoms. The molecule has 1 aliphatic rings. The Morgan fingerprint density at radius 3 is 2.65 bits per heavy atom. The van der Waals surface area contributed by atoms with Gasteiger partial charge in [-0.25, -0.2) is 0 Å². The zero-order valence-electron chi connectivity index (χ0n) is 12.9. The summed E-state index contributed by atoms with van der Waals surface area (Å²) in [7, 11) is 1.74. The van der Waals surface area contributed by atoms with Crippen LogP contribution in [0.15, 0.2) is 24.3 Å². The van der Waals surface area contributed by atoms with Gasteiger partial charge in [-0.15, -0.1) is 0 Å². The van der Waals surface area contributed by atoms with Crippen LogP contribution in [-0.2, 0) is 4.74 Å². The van der Waals surface area contributed by atoms with E-state index in [1.165, 1.54) is 18.5 Å². The number of aliphatic hydroxyl groups is 1. The minimum Gasteiger partial charge on any atom is -0.388 e. The molecule has 1 aromatic rings. The van der Waals surface area contributed by atoms with Crippen molar-refractivity contribution >= 4 is 5.69 Å². The van der Waals surface area contributed by atoms with E-state index in [0.29, 0.717) is 12.6 Å². The largest absolute Gasteiger partial charge is 0.388 e. The van der Waals surface area contributed by atoms with Gasteiger partial charge in [0.1, 0.15) is 0 Å². The van der Waals surface area contributed by atoms with Gasteiger partial charge in [-0.1, -0.05) is 25.1 Å². The van der Waals surface area contributed by atoms with Crippen LogP contribution >= 0.6 is 0 Å². The predicted octanol–water partition coefficient (Wildman–Crippen LogP) is 3.38. The molecule has 0 amide bonds. The van der Waals surface area contributed by atoms with Gasteiger partial charge in [-0.2, -0.15) is 0 Å². The Morgan fingerprint density at radius 2 is 2.05 bits per heavy atom. The third-order valence-corrected chi connectivity index (χ3v) is 4.32. The number of hydrogen-bond acceptors (Lipinski definition) is 3. The van der Waals surface area contributed by atoms with Gasteiger partial charge in [-0.05, 0) is 38.2 Å². The van der Waals surface area contributed by atoms with Crippen molar-refractivity contribution in [3.63, 3.8) is 0 Å². The minimum atomic E-state index is -0.386. The molecule has 2 rings (SSSR count). The molecule has 3 nitrogen and oxygen atoms in total. The fourth-order valence-electron chi connectivity index (χ4n) is 2.82. The van der Waals surface area contributed by atoms with Crippen LogP contribution in [0.5, 0.6) is 0 Å². The molecule has 20 heavy (non-hydrogen) atoms. The number of para-hydroxylation sites is 1. The van der Waals surface area contributed by atoms with Crippen molar-refractivity contribution < 1.29 is 9.84 Å². The first-order valence-corrected chi connectivity index (χ1v) is 7.71.